The predicted octanol–water partition coefficient (Wildman–Crippen LogP) is 0.443. The third-order valence-corrected chi connectivity index (χ3v) is 0. The fourth-order valence-electron chi connectivity index (χ4n) is 0. The SMILES string of the molecule is [CH3-].[Mo].[Ti].[Zr]. The smallest absolute Gasteiger partial charge is 0 e. The molecule has 0 amide bonds. The molecule has 22 valence electrons. The largest absolute Gasteiger partial charge is 0.358 e. The minimum Gasteiger partial charge on any atom is -0.358 e. The summed E-state index contributed by atoms with van der Waals surface area (Å²) in [6.07, 6.45) is 0. The Kier molecular flexibility index (Phi) is 156. The van der Waals surface area contributed by atoms with E-state index in [1.807, 2.05) is 0 Å². The van der Waals surface area contributed by atoms with E-state index in [0.717, 1.165) is 0 Å². The molecule has 0 fully saturated rings. The molecule has 0 aromatic carbocycles. The van der Waals surface area contributed by atoms with Crippen LogP contribution in [0, 0.1) is 7.43 Å². The van der Waals surface area contributed by atoms with Gasteiger partial charge in [-0.15, -0.1) is 0 Å². The van der Waals surface area contributed by atoms with Gasteiger partial charge in [0.05, 0.1) is 0 Å². The van der Waals surface area contributed by atoms with Gasteiger partial charge in [0.1, 0.15) is 0 Å². The van der Waals surface area contributed by atoms with Crippen molar-refractivity contribution in [3.05, 3.63) is 7.43 Å². The molecule has 0 unspecified atom stereocenters. The van der Waals surface area contributed by atoms with E-state index in [1.165, 1.54) is 0 Å². The van der Waals surface area contributed by atoms with E-state index in [2.05, 4.69) is 0 Å². The van der Waals surface area contributed by atoms with Gasteiger partial charge in [-0.3, -0.25) is 0 Å². The molecule has 0 aromatic rings. The minimum absolute atomic E-state index is 0. The molecule has 0 saturated carbocycles. The van der Waals surface area contributed by atoms with Crippen molar-refractivity contribution in [2.24, 2.45) is 0 Å². The predicted molar refractivity (Wildman–Crippen MR) is 6.41 cm³/mol. The van der Waals surface area contributed by atoms with Gasteiger partial charge in [-0.05, 0) is 0 Å². The van der Waals surface area contributed by atoms with E-state index in [-0.39, 0.29) is 76.4 Å². The summed E-state index contributed by atoms with van der Waals surface area (Å²) < 4.78 is 0. The molecule has 0 aromatic heterocycles. The van der Waals surface area contributed by atoms with Crippen LogP contribution in [0.15, 0.2) is 0 Å². The van der Waals surface area contributed by atoms with E-state index in [4.69, 9.17) is 0 Å². The molecular formula is CH3MoTiZr-. The van der Waals surface area contributed by atoms with Crippen LogP contribution in [0.3, 0.4) is 0 Å². The van der Waals surface area contributed by atoms with E-state index in [0.29, 0.717) is 0 Å². The topological polar surface area (TPSA) is 0 Å². The Morgan fingerprint density at radius 1 is 1.00 bits per heavy atom. The van der Waals surface area contributed by atoms with Gasteiger partial charge in [0.2, 0.25) is 0 Å². The molecule has 0 radical (unpaired) electrons. The average Bonchev–Trinajstić information content (AvgIpc) is 0. The first-order valence-corrected chi connectivity index (χ1v) is 0. The second-order valence-electron chi connectivity index (χ2n) is 0. The van der Waals surface area contributed by atoms with Gasteiger partial charge < -0.3 is 7.43 Å². The number of hydrogen-bond donors (Lipinski definition) is 0. The molecule has 0 aliphatic carbocycles. The monoisotopic (exact) mass is 251 g/mol. The van der Waals surface area contributed by atoms with Gasteiger partial charge in [-0.2, -0.15) is 0 Å². The number of rotatable bonds is 0. The Hall–Kier alpha value is 2.29. The fourth-order valence-corrected chi connectivity index (χ4v) is 0. The van der Waals surface area contributed by atoms with Crippen molar-refractivity contribution in [2.75, 3.05) is 0 Å². The molecule has 0 bridgehead atoms. The van der Waals surface area contributed by atoms with Crippen LogP contribution in [0.1, 0.15) is 0 Å². The molecular weight excluding hydrogens is 247 g/mol. The summed E-state index contributed by atoms with van der Waals surface area (Å²) in [5, 5.41) is 0. The summed E-state index contributed by atoms with van der Waals surface area (Å²) in [4.78, 5) is 0. The molecule has 0 N–H and O–H groups in total. The zero-order valence-corrected chi connectivity index (χ0v) is 8.43. The zero-order valence-electron chi connectivity index (χ0n) is 2.41. The van der Waals surface area contributed by atoms with Crippen molar-refractivity contribution in [1.29, 1.82) is 0 Å². The molecule has 0 spiro atoms. The minimum atomic E-state index is 0. The number of hydrogen-bond acceptors (Lipinski definition) is 0. The van der Waals surface area contributed by atoms with Crippen LogP contribution in [0.4, 0.5) is 0 Å². The summed E-state index contributed by atoms with van der Waals surface area (Å²) in [5.74, 6) is 0. The summed E-state index contributed by atoms with van der Waals surface area (Å²) in [6, 6.07) is 0. The van der Waals surface area contributed by atoms with Gasteiger partial charge in [-0.25, -0.2) is 0 Å². The molecule has 0 aliphatic heterocycles. The first-order chi connectivity index (χ1) is 0. The van der Waals surface area contributed by atoms with Gasteiger partial charge in [0.15, 0.2) is 0 Å². The molecule has 0 saturated heterocycles. The summed E-state index contributed by atoms with van der Waals surface area (Å²) in [7, 11) is 0. The van der Waals surface area contributed by atoms with E-state index < -0.39 is 0 Å². The van der Waals surface area contributed by atoms with Crippen molar-refractivity contribution in [3.8, 4) is 0 Å². The fraction of sp³-hybridized carbons (Fsp3) is 0. The van der Waals surface area contributed by atoms with Crippen LogP contribution in [0.2, 0.25) is 0 Å². The van der Waals surface area contributed by atoms with Crippen LogP contribution < -0.4 is 0 Å². The average molecular weight is 250 g/mol. The van der Waals surface area contributed by atoms with Crippen molar-refractivity contribution >= 4 is 0 Å². The van der Waals surface area contributed by atoms with Crippen molar-refractivity contribution in [1.82, 2.24) is 0 Å². The van der Waals surface area contributed by atoms with Crippen molar-refractivity contribution in [3.63, 3.8) is 0 Å². The second kappa shape index (κ2) is 18.6. The van der Waals surface area contributed by atoms with Gasteiger partial charge >= 0.3 is 0 Å². The van der Waals surface area contributed by atoms with Crippen molar-refractivity contribution < 1.29 is 69.0 Å². The Labute approximate surface area is 75.4 Å². The maximum atomic E-state index is 0. The Morgan fingerprint density at radius 3 is 1.00 bits per heavy atom. The maximum Gasteiger partial charge on any atom is 0 e. The Bertz CT molecular complexity index is 8.00. The Morgan fingerprint density at radius 2 is 1.00 bits per heavy atom. The standard InChI is InChI=1S/CH3.Mo.Ti.Zr/h1H3;;;/q-1;;;. The molecule has 0 atom stereocenters. The molecule has 0 heterocycles. The zero-order chi connectivity index (χ0) is 0. The Balaban J connectivity index is 0. The van der Waals surface area contributed by atoms with Crippen molar-refractivity contribution in [2.45, 2.75) is 0 Å². The molecule has 0 aliphatic rings. The van der Waals surface area contributed by atoms with Crippen LogP contribution in [0.25, 0.3) is 0 Å². The first kappa shape index (κ1) is 33.6. The molecule has 4 heavy (non-hydrogen) atoms. The van der Waals surface area contributed by atoms with Crippen LogP contribution in [-0.4, -0.2) is 0 Å². The van der Waals surface area contributed by atoms with Crippen LogP contribution >= 0.6 is 0 Å². The first-order valence-electron chi connectivity index (χ1n) is 0. The van der Waals surface area contributed by atoms with E-state index >= 15 is 0 Å². The van der Waals surface area contributed by atoms with Crippen LogP contribution in [-0.2, 0) is 69.0 Å². The van der Waals surface area contributed by atoms with Gasteiger partial charge in [-0.1, -0.05) is 0 Å². The van der Waals surface area contributed by atoms with E-state index in [1.54, 1.807) is 0 Å². The quantitative estimate of drug-likeness (QED) is 0.432. The third-order valence-electron chi connectivity index (χ3n) is 0. The molecule has 3 heteroatoms. The summed E-state index contributed by atoms with van der Waals surface area (Å²) in [6.45, 7) is 0. The van der Waals surface area contributed by atoms with Crippen LogP contribution in [0.5, 0.6) is 0 Å². The summed E-state index contributed by atoms with van der Waals surface area (Å²) >= 11 is 0. The van der Waals surface area contributed by atoms with Gasteiger partial charge in [0.25, 0.3) is 0 Å². The van der Waals surface area contributed by atoms with E-state index in [9.17, 15) is 0 Å². The molecule has 0 rings (SSSR count). The summed E-state index contributed by atoms with van der Waals surface area (Å²) in [5.41, 5.74) is 0. The molecule has 0 nitrogen and oxygen atoms in total. The second-order valence-corrected chi connectivity index (χ2v) is 0. The van der Waals surface area contributed by atoms with Gasteiger partial charge in [0, 0.05) is 69.0 Å². The normalized spacial score (nSPS) is 0. The third kappa shape index (κ3) is 8.86. The maximum absolute atomic E-state index is 0.